The summed E-state index contributed by atoms with van der Waals surface area (Å²) in [6, 6.07) is 2.76. The molecule has 1 aromatic rings. The van der Waals surface area contributed by atoms with Gasteiger partial charge >= 0.3 is 0 Å². The van der Waals surface area contributed by atoms with Crippen molar-refractivity contribution in [1.82, 2.24) is 4.98 Å². The smallest absolute Gasteiger partial charge is 0.235 e. The minimum Gasteiger partial charge on any atom is -0.235 e. The second-order valence-electron chi connectivity index (χ2n) is 2.10. The van der Waals surface area contributed by atoms with Gasteiger partial charge in [0.05, 0.1) is 8.59 Å². The van der Waals surface area contributed by atoms with Gasteiger partial charge in [0.25, 0.3) is 6.43 Å². The van der Waals surface area contributed by atoms with Crippen molar-refractivity contribution in [3.8, 4) is 6.07 Å². The average molecular weight is 314 g/mol. The molecule has 1 aromatic heterocycles. The molecule has 0 aromatic carbocycles. The maximum atomic E-state index is 12.2. The summed E-state index contributed by atoms with van der Waals surface area (Å²) >= 11 is 7.39. The van der Waals surface area contributed by atoms with E-state index >= 15 is 0 Å². The summed E-state index contributed by atoms with van der Waals surface area (Å²) < 4.78 is 24.7. The van der Waals surface area contributed by atoms with Crippen LogP contribution in [0.4, 0.5) is 8.78 Å². The SMILES string of the molecule is N#Cc1nc(C(F)F)cc(Cl)c1I. The van der Waals surface area contributed by atoms with E-state index in [4.69, 9.17) is 16.9 Å². The highest BCUT2D eigenvalue weighted by Gasteiger charge is 2.14. The van der Waals surface area contributed by atoms with Gasteiger partial charge in [-0.1, -0.05) is 11.6 Å². The van der Waals surface area contributed by atoms with E-state index in [1.165, 1.54) is 0 Å². The van der Waals surface area contributed by atoms with Gasteiger partial charge in [0, 0.05) is 0 Å². The molecule has 0 aliphatic heterocycles. The first-order valence-corrected chi connectivity index (χ1v) is 4.56. The fourth-order valence-electron chi connectivity index (χ4n) is 0.703. The molecule has 0 unspecified atom stereocenters. The van der Waals surface area contributed by atoms with Crippen molar-refractivity contribution in [3.05, 3.63) is 26.0 Å². The van der Waals surface area contributed by atoms with Crippen LogP contribution in [0.5, 0.6) is 0 Å². The van der Waals surface area contributed by atoms with Crippen molar-refractivity contribution in [1.29, 1.82) is 5.26 Å². The second kappa shape index (κ2) is 4.15. The Labute approximate surface area is 91.7 Å². The lowest BCUT2D eigenvalue weighted by molar-refractivity contribution is 0.146. The largest absolute Gasteiger partial charge is 0.280 e. The van der Waals surface area contributed by atoms with Crippen molar-refractivity contribution in [2.45, 2.75) is 6.43 Å². The molecular weight excluding hydrogens is 312 g/mol. The molecule has 13 heavy (non-hydrogen) atoms. The lowest BCUT2D eigenvalue weighted by atomic mass is 10.3. The normalized spacial score (nSPS) is 10.2. The third kappa shape index (κ3) is 2.25. The number of rotatable bonds is 1. The molecule has 0 aliphatic carbocycles. The highest BCUT2D eigenvalue weighted by Crippen LogP contribution is 2.26. The number of nitrogens with zero attached hydrogens (tertiary/aromatic N) is 2. The Bertz CT molecular complexity index is 375. The summed E-state index contributed by atoms with van der Waals surface area (Å²) in [5.74, 6) is 0. The Morgan fingerprint density at radius 2 is 2.23 bits per heavy atom. The monoisotopic (exact) mass is 314 g/mol. The van der Waals surface area contributed by atoms with Crippen LogP contribution in [-0.2, 0) is 0 Å². The third-order valence-electron chi connectivity index (χ3n) is 1.26. The number of hydrogen-bond acceptors (Lipinski definition) is 2. The van der Waals surface area contributed by atoms with Crippen molar-refractivity contribution in [2.24, 2.45) is 0 Å². The lowest BCUT2D eigenvalue weighted by Crippen LogP contribution is -1.96. The van der Waals surface area contributed by atoms with Crippen molar-refractivity contribution in [3.63, 3.8) is 0 Å². The first kappa shape index (κ1) is 10.6. The minimum atomic E-state index is -2.71. The van der Waals surface area contributed by atoms with Crippen LogP contribution in [0.2, 0.25) is 5.02 Å². The Morgan fingerprint density at radius 3 is 2.69 bits per heavy atom. The van der Waals surface area contributed by atoms with Crippen LogP contribution < -0.4 is 0 Å². The highest BCUT2D eigenvalue weighted by molar-refractivity contribution is 14.1. The van der Waals surface area contributed by atoms with Gasteiger partial charge in [-0.3, -0.25) is 0 Å². The molecule has 68 valence electrons. The summed E-state index contributed by atoms with van der Waals surface area (Å²) in [6.07, 6.45) is -2.71. The lowest BCUT2D eigenvalue weighted by Gasteiger charge is -2.02. The van der Waals surface area contributed by atoms with Gasteiger partial charge < -0.3 is 0 Å². The Morgan fingerprint density at radius 1 is 1.62 bits per heavy atom. The molecule has 0 radical (unpaired) electrons. The van der Waals surface area contributed by atoms with E-state index in [-0.39, 0.29) is 10.7 Å². The summed E-state index contributed by atoms with van der Waals surface area (Å²) in [6.45, 7) is 0. The van der Waals surface area contributed by atoms with Gasteiger partial charge in [-0.25, -0.2) is 13.8 Å². The molecule has 0 bridgehead atoms. The third-order valence-corrected chi connectivity index (χ3v) is 2.97. The predicted octanol–water partition coefficient (Wildman–Crippen LogP) is 3.15. The molecule has 2 nitrogen and oxygen atoms in total. The van der Waals surface area contributed by atoms with Crippen LogP contribution in [0.3, 0.4) is 0 Å². The number of hydrogen-bond donors (Lipinski definition) is 0. The van der Waals surface area contributed by atoms with Gasteiger partial charge in [-0.2, -0.15) is 5.26 Å². The van der Waals surface area contributed by atoms with E-state index in [2.05, 4.69) is 4.98 Å². The van der Waals surface area contributed by atoms with Crippen LogP contribution in [0, 0.1) is 14.9 Å². The number of halogens is 4. The van der Waals surface area contributed by atoms with E-state index in [1.54, 1.807) is 28.7 Å². The maximum Gasteiger partial charge on any atom is 0.280 e. The second-order valence-corrected chi connectivity index (χ2v) is 3.59. The van der Waals surface area contributed by atoms with Crippen molar-refractivity contribution in [2.75, 3.05) is 0 Å². The van der Waals surface area contributed by atoms with Crippen molar-refractivity contribution < 1.29 is 8.78 Å². The standard InChI is InChI=1S/C7H2ClF2IN2/c8-3-1-4(7(9)10)13-5(2-12)6(3)11/h1,7H. The number of aromatic nitrogens is 1. The van der Waals surface area contributed by atoms with Gasteiger partial charge in [0.1, 0.15) is 11.8 Å². The van der Waals surface area contributed by atoms with E-state index < -0.39 is 12.1 Å². The minimum absolute atomic E-state index is 0.0663. The summed E-state index contributed by atoms with van der Waals surface area (Å²) in [5, 5.41) is 8.66. The van der Waals surface area contributed by atoms with Crippen LogP contribution in [0.15, 0.2) is 6.07 Å². The van der Waals surface area contributed by atoms with Crippen LogP contribution in [-0.4, -0.2) is 4.98 Å². The van der Waals surface area contributed by atoms with E-state index in [0.29, 0.717) is 3.57 Å². The Kier molecular flexibility index (Phi) is 3.39. The predicted molar refractivity (Wildman–Crippen MR) is 51.6 cm³/mol. The summed E-state index contributed by atoms with van der Waals surface area (Å²) in [7, 11) is 0. The zero-order valence-corrected chi connectivity index (χ0v) is 8.97. The molecule has 0 saturated heterocycles. The Balaban J connectivity index is 3.32. The zero-order valence-electron chi connectivity index (χ0n) is 6.06. The molecule has 0 spiro atoms. The molecule has 1 heterocycles. The fourth-order valence-corrected chi connectivity index (χ4v) is 1.30. The van der Waals surface area contributed by atoms with E-state index in [9.17, 15) is 8.78 Å². The van der Waals surface area contributed by atoms with Gasteiger partial charge in [0.15, 0.2) is 5.69 Å². The maximum absolute atomic E-state index is 12.2. The average Bonchev–Trinajstić information content (AvgIpc) is 2.09. The topological polar surface area (TPSA) is 36.7 Å². The molecule has 0 saturated carbocycles. The van der Waals surface area contributed by atoms with Crippen molar-refractivity contribution >= 4 is 34.2 Å². The Hall–Kier alpha value is -0.480. The number of pyridine rings is 1. The molecule has 0 atom stereocenters. The fraction of sp³-hybridized carbons (Fsp3) is 0.143. The van der Waals surface area contributed by atoms with E-state index in [1.807, 2.05) is 0 Å². The molecule has 0 amide bonds. The molecule has 0 N–H and O–H groups in total. The summed E-state index contributed by atoms with van der Waals surface area (Å²) in [5.41, 5.74) is -0.537. The molecular formula is C7H2ClF2IN2. The first-order valence-electron chi connectivity index (χ1n) is 3.10. The van der Waals surface area contributed by atoms with Crippen LogP contribution in [0.1, 0.15) is 17.8 Å². The summed E-state index contributed by atoms with van der Waals surface area (Å²) in [4.78, 5) is 3.45. The molecule has 6 heteroatoms. The first-order chi connectivity index (χ1) is 6.06. The quantitative estimate of drug-likeness (QED) is 0.747. The zero-order chi connectivity index (χ0) is 10.0. The molecule has 1 rings (SSSR count). The van der Waals surface area contributed by atoms with Gasteiger partial charge in [-0.05, 0) is 28.7 Å². The van der Waals surface area contributed by atoms with Gasteiger partial charge in [0.2, 0.25) is 0 Å². The number of alkyl halides is 2. The highest BCUT2D eigenvalue weighted by atomic mass is 127. The van der Waals surface area contributed by atoms with Crippen LogP contribution in [0.25, 0.3) is 0 Å². The molecule has 0 fully saturated rings. The van der Waals surface area contributed by atoms with E-state index in [0.717, 1.165) is 6.07 Å². The van der Waals surface area contributed by atoms with Crippen LogP contribution >= 0.6 is 34.2 Å². The van der Waals surface area contributed by atoms with Gasteiger partial charge in [-0.15, -0.1) is 0 Å². The number of nitriles is 1. The molecule has 0 aliphatic rings.